The van der Waals surface area contributed by atoms with Gasteiger partial charge in [0.15, 0.2) is 5.69 Å². The molecule has 0 aromatic carbocycles. The maximum absolute atomic E-state index is 8.93. The molecule has 3 N–H and O–H groups in total. The van der Waals surface area contributed by atoms with E-state index in [1.165, 1.54) is 25.7 Å². The van der Waals surface area contributed by atoms with Crippen LogP contribution in [-0.2, 0) is 0 Å². The van der Waals surface area contributed by atoms with Gasteiger partial charge in [-0.05, 0) is 39.1 Å². The van der Waals surface area contributed by atoms with Crippen LogP contribution < -0.4 is 11.1 Å². The van der Waals surface area contributed by atoms with E-state index < -0.39 is 0 Å². The molecule has 1 fully saturated rings. The third-order valence-corrected chi connectivity index (χ3v) is 4.11. The molecule has 102 valence electrons. The van der Waals surface area contributed by atoms with Crippen LogP contribution in [0.15, 0.2) is 12.1 Å². The number of rotatable bonds is 4. The van der Waals surface area contributed by atoms with Gasteiger partial charge in [-0.15, -0.1) is 0 Å². The van der Waals surface area contributed by atoms with Crippen LogP contribution in [0.2, 0.25) is 0 Å². The van der Waals surface area contributed by atoms with Gasteiger partial charge in [-0.25, -0.2) is 4.98 Å². The number of nitriles is 1. The number of nitrogens with zero attached hydrogens (tertiary/aromatic N) is 3. The fraction of sp³-hybridized carbons (Fsp3) is 0.571. The van der Waals surface area contributed by atoms with E-state index >= 15 is 0 Å². The number of nitrogen functional groups attached to an aromatic ring is 1. The van der Waals surface area contributed by atoms with Crippen LogP contribution in [0.4, 0.5) is 11.5 Å². The number of nitrogens with two attached hydrogens (primary N) is 1. The van der Waals surface area contributed by atoms with E-state index in [1.807, 2.05) is 12.1 Å². The van der Waals surface area contributed by atoms with Crippen molar-refractivity contribution in [3.8, 4) is 6.07 Å². The Balaban J connectivity index is 2.08. The second-order valence-corrected chi connectivity index (χ2v) is 5.43. The van der Waals surface area contributed by atoms with Crippen molar-refractivity contribution < 1.29 is 0 Å². The molecule has 0 bridgehead atoms. The Morgan fingerprint density at radius 3 is 2.68 bits per heavy atom. The molecule has 5 nitrogen and oxygen atoms in total. The highest BCUT2D eigenvalue weighted by Crippen LogP contribution is 2.33. The van der Waals surface area contributed by atoms with E-state index in [2.05, 4.69) is 29.3 Å². The standard InChI is InChI=1S/C14H21N5/c1-19(2)14(7-3-4-8-14)10-17-13-6-5-11(16)12(9-15)18-13/h5-6H,3-4,7-8,10,16H2,1-2H3,(H,17,18). The van der Waals surface area contributed by atoms with Crippen molar-refractivity contribution in [2.45, 2.75) is 31.2 Å². The van der Waals surface area contributed by atoms with Gasteiger partial charge in [0.2, 0.25) is 0 Å². The van der Waals surface area contributed by atoms with Gasteiger partial charge >= 0.3 is 0 Å². The monoisotopic (exact) mass is 259 g/mol. The minimum Gasteiger partial charge on any atom is -0.396 e. The van der Waals surface area contributed by atoms with Crippen LogP contribution in [0, 0.1) is 11.3 Å². The van der Waals surface area contributed by atoms with Crippen LogP contribution in [0.25, 0.3) is 0 Å². The molecule has 0 amide bonds. The third kappa shape index (κ3) is 2.79. The van der Waals surface area contributed by atoms with Gasteiger partial charge in [-0.3, -0.25) is 0 Å². The van der Waals surface area contributed by atoms with Gasteiger partial charge in [0, 0.05) is 12.1 Å². The van der Waals surface area contributed by atoms with Crippen molar-refractivity contribution in [2.75, 3.05) is 31.7 Å². The van der Waals surface area contributed by atoms with Crippen molar-refractivity contribution in [1.29, 1.82) is 5.26 Å². The molecule has 5 heteroatoms. The molecule has 1 aromatic heterocycles. The number of hydrogen-bond acceptors (Lipinski definition) is 5. The molecule has 0 unspecified atom stereocenters. The average molecular weight is 259 g/mol. The summed E-state index contributed by atoms with van der Waals surface area (Å²) in [7, 11) is 4.26. The zero-order valence-corrected chi connectivity index (χ0v) is 11.6. The lowest BCUT2D eigenvalue weighted by molar-refractivity contribution is 0.172. The SMILES string of the molecule is CN(C)C1(CNc2ccc(N)c(C#N)n2)CCCC1. The summed E-state index contributed by atoms with van der Waals surface area (Å²) in [5.74, 6) is 0.721. The Labute approximate surface area is 114 Å². The minimum atomic E-state index is 0.204. The Morgan fingerprint density at radius 1 is 1.42 bits per heavy atom. The first-order valence-corrected chi connectivity index (χ1v) is 6.65. The smallest absolute Gasteiger partial charge is 0.165 e. The fourth-order valence-electron chi connectivity index (χ4n) is 2.73. The number of anilines is 2. The second kappa shape index (κ2) is 5.45. The highest BCUT2D eigenvalue weighted by atomic mass is 15.2. The van der Waals surface area contributed by atoms with Crippen LogP contribution in [0.1, 0.15) is 31.4 Å². The van der Waals surface area contributed by atoms with Gasteiger partial charge in [0.1, 0.15) is 11.9 Å². The van der Waals surface area contributed by atoms with E-state index in [1.54, 1.807) is 6.07 Å². The Morgan fingerprint density at radius 2 is 2.11 bits per heavy atom. The molecule has 0 atom stereocenters. The topological polar surface area (TPSA) is 78.0 Å². The first kappa shape index (κ1) is 13.6. The lowest BCUT2D eigenvalue weighted by Gasteiger charge is -2.36. The molecule has 2 rings (SSSR count). The van der Waals surface area contributed by atoms with Gasteiger partial charge in [-0.2, -0.15) is 5.26 Å². The molecule has 0 saturated heterocycles. The van der Waals surface area contributed by atoms with E-state index in [0.29, 0.717) is 5.69 Å². The lowest BCUT2D eigenvalue weighted by Crippen LogP contribution is -2.47. The van der Waals surface area contributed by atoms with Gasteiger partial charge < -0.3 is 16.0 Å². The molecular weight excluding hydrogens is 238 g/mol. The van der Waals surface area contributed by atoms with Gasteiger partial charge in [0.05, 0.1) is 5.69 Å². The summed E-state index contributed by atoms with van der Waals surface area (Å²) < 4.78 is 0. The Kier molecular flexibility index (Phi) is 3.91. The van der Waals surface area contributed by atoms with Gasteiger partial charge in [-0.1, -0.05) is 12.8 Å². The predicted molar refractivity (Wildman–Crippen MR) is 76.7 cm³/mol. The summed E-state index contributed by atoms with van der Waals surface area (Å²) in [6.45, 7) is 0.849. The maximum Gasteiger partial charge on any atom is 0.165 e. The number of pyridine rings is 1. The first-order valence-electron chi connectivity index (χ1n) is 6.65. The van der Waals surface area contributed by atoms with Crippen molar-refractivity contribution in [2.24, 2.45) is 0 Å². The molecular formula is C14H21N5. The quantitative estimate of drug-likeness (QED) is 0.862. The zero-order valence-electron chi connectivity index (χ0n) is 11.6. The molecule has 19 heavy (non-hydrogen) atoms. The summed E-state index contributed by atoms with van der Waals surface area (Å²) in [5.41, 5.74) is 6.59. The van der Waals surface area contributed by atoms with Crippen molar-refractivity contribution in [3.63, 3.8) is 0 Å². The molecule has 1 aliphatic carbocycles. The van der Waals surface area contributed by atoms with E-state index in [4.69, 9.17) is 11.0 Å². The second-order valence-electron chi connectivity index (χ2n) is 5.43. The summed E-state index contributed by atoms with van der Waals surface area (Å²) in [6, 6.07) is 5.56. The Hall–Kier alpha value is -1.80. The molecule has 1 saturated carbocycles. The highest BCUT2D eigenvalue weighted by Gasteiger charge is 2.35. The molecule has 1 heterocycles. The van der Waals surface area contributed by atoms with Crippen LogP contribution in [0.3, 0.4) is 0 Å². The largest absolute Gasteiger partial charge is 0.396 e. The number of aromatic nitrogens is 1. The van der Waals surface area contributed by atoms with E-state index in [0.717, 1.165) is 12.4 Å². The summed E-state index contributed by atoms with van der Waals surface area (Å²) in [6.07, 6.45) is 4.96. The van der Waals surface area contributed by atoms with E-state index in [9.17, 15) is 0 Å². The number of hydrogen-bond donors (Lipinski definition) is 2. The highest BCUT2D eigenvalue weighted by molar-refractivity contribution is 5.54. The summed E-state index contributed by atoms with van der Waals surface area (Å²) >= 11 is 0. The summed E-state index contributed by atoms with van der Waals surface area (Å²) in [5, 5.41) is 12.3. The van der Waals surface area contributed by atoms with Crippen molar-refractivity contribution >= 4 is 11.5 Å². The molecule has 0 aliphatic heterocycles. The lowest BCUT2D eigenvalue weighted by atomic mass is 9.96. The molecule has 1 aromatic rings. The molecule has 0 spiro atoms. The van der Waals surface area contributed by atoms with Crippen LogP contribution >= 0.6 is 0 Å². The molecule has 0 radical (unpaired) electrons. The number of likely N-dealkylation sites (N-methyl/N-ethyl adjacent to an activating group) is 1. The average Bonchev–Trinajstić information content (AvgIpc) is 2.88. The minimum absolute atomic E-state index is 0.204. The van der Waals surface area contributed by atoms with Crippen molar-refractivity contribution in [1.82, 2.24) is 9.88 Å². The maximum atomic E-state index is 8.93. The molecule has 1 aliphatic rings. The van der Waals surface area contributed by atoms with Crippen molar-refractivity contribution in [3.05, 3.63) is 17.8 Å². The predicted octanol–water partition coefficient (Wildman–Crippen LogP) is 1.82. The third-order valence-electron chi connectivity index (χ3n) is 4.11. The van der Waals surface area contributed by atoms with E-state index in [-0.39, 0.29) is 11.2 Å². The fourth-order valence-corrected chi connectivity index (χ4v) is 2.73. The summed E-state index contributed by atoms with van der Waals surface area (Å²) in [4.78, 5) is 6.53. The normalized spacial score (nSPS) is 17.4. The van der Waals surface area contributed by atoms with Crippen LogP contribution in [-0.4, -0.2) is 36.1 Å². The first-order chi connectivity index (χ1) is 9.07. The Bertz CT molecular complexity index is 483. The van der Waals surface area contributed by atoms with Crippen LogP contribution in [0.5, 0.6) is 0 Å². The van der Waals surface area contributed by atoms with Gasteiger partial charge in [0.25, 0.3) is 0 Å². The number of nitrogens with one attached hydrogen (secondary N) is 1. The zero-order chi connectivity index (χ0) is 13.9.